The van der Waals surface area contributed by atoms with Crippen molar-refractivity contribution in [2.24, 2.45) is 5.41 Å². The zero-order chi connectivity index (χ0) is 25.3. The second kappa shape index (κ2) is 9.12. The van der Waals surface area contributed by atoms with Gasteiger partial charge in [-0.3, -0.25) is 14.4 Å². The van der Waals surface area contributed by atoms with Crippen molar-refractivity contribution in [1.29, 1.82) is 0 Å². The lowest BCUT2D eigenvalue weighted by Gasteiger charge is -2.18. The molecule has 0 atom stereocenters. The maximum absolute atomic E-state index is 13.5. The van der Waals surface area contributed by atoms with E-state index < -0.39 is 34.2 Å². The average molecular weight is 472 g/mol. The van der Waals surface area contributed by atoms with Gasteiger partial charge in [0.25, 0.3) is 5.91 Å². The van der Waals surface area contributed by atoms with Crippen molar-refractivity contribution < 1.29 is 22.8 Å². The summed E-state index contributed by atoms with van der Waals surface area (Å²) >= 11 is 0. The highest BCUT2D eigenvalue weighted by molar-refractivity contribution is 6.03. The Balaban J connectivity index is 1.94. The number of hydrogen-bond donors (Lipinski definition) is 2. The number of benzene rings is 2. The lowest BCUT2D eigenvalue weighted by atomic mass is 9.95. The molecule has 0 fully saturated rings. The van der Waals surface area contributed by atoms with Crippen LogP contribution in [0.1, 0.15) is 42.5 Å². The predicted octanol–water partition coefficient (Wildman–Crippen LogP) is 4.80. The highest BCUT2D eigenvalue weighted by atomic mass is 19.4. The van der Waals surface area contributed by atoms with Gasteiger partial charge < -0.3 is 10.6 Å². The van der Waals surface area contributed by atoms with E-state index in [2.05, 4.69) is 15.7 Å². The predicted molar refractivity (Wildman–Crippen MR) is 122 cm³/mol. The van der Waals surface area contributed by atoms with Crippen molar-refractivity contribution in [2.75, 3.05) is 10.6 Å². The summed E-state index contributed by atoms with van der Waals surface area (Å²) in [5, 5.41) is 9.17. The van der Waals surface area contributed by atoms with Crippen LogP contribution < -0.4 is 16.1 Å². The van der Waals surface area contributed by atoms with Crippen LogP contribution in [0.5, 0.6) is 0 Å². The molecule has 0 saturated heterocycles. The Kier molecular flexibility index (Phi) is 6.63. The van der Waals surface area contributed by atoms with Crippen LogP contribution in [0.3, 0.4) is 0 Å². The van der Waals surface area contributed by atoms with Gasteiger partial charge >= 0.3 is 6.18 Å². The molecule has 1 heterocycles. The summed E-state index contributed by atoms with van der Waals surface area (Å²) < 4.78 is 41.4. The minimum atomic E-state index is -4.66. The number of para-hydroxylation sites is 1. The lowest BCUT2D eigenvalue weighted by molar-refractivity contribution is -0.137. The molecule has 10 heteroatoms. The Hall–Kier alpha value is -3.95. The minimum absolute atomic E-state index is 0.130. The number of carbonyl (C=O) groups excluding carboxylic acids is 2. The van der Waals surface area contributed by atoms with Gasteiger partial charge in [-0.15, -0.1) is 0 Å². The molecule has 7 nitrogen and oxygen atoms in total. The van der Waals surface area contributed by atoms with Crippen molar-refractivity contribution in [3.63, 3.8) is 0 Å². The number of nitrogens with zero attached hydrogens (tertiary/aromatic N) is 2. The first-order valence-electron chi connectivity index (χ1n) is 10.3. The van der Waals surface area contributed by atoms with Crippen LogP contribution in [0.2, 0.25) is 0 Å². The smallest absolute Gasteiger partial charge is 0.326 e. The van der Waals surface area contributed by atoms with Crippen molar-refractivity contribution in [2.45, 2.75) is 33.9 Å². The molecule has 34 heavy (non-hydrogen) atoms. The second-order valence-corrected chi connectivity index (χ2v) is 8.66. The van der Waals surface area contributed by atoms with Gasteiger partial charge in [0.05, 0.1) is 11.3 Å². The molecule has 3 rings (SSSR count). The van der Waals surface area contributed by atoms with Gasteiger partial charge in [0.1, 0.15) is 0 Å². The number of halogens is 3. The molecular formula is C24H23F3N4O3. The lowest BCUT2D eigenvalue weighted by Crippen LogP contribution is -2.28. The average Bonchev–Trinajstić information content (AvgIpc) is 2.72. The summed E-state index contributed by atoms with van der Waals surface area (Å²) in [6.45, 7) is 6.67. The first-order chi connectivity index (χ1) is 15.8. The molecule has 178 valence electrons. The summed E-state index contributed by atoms with van der Waals surface area (Å²) in [6, 6.07) is 12.0. The molecule has 2 amide bonds. The molecule has 0 saturated carbocycles. The van der Waals surface area contributed by atoms with E-state index in [1.54, 1.807) is 32.9 Å². The Morgan fingerprint density at radius 1 is 0.912 bits per heavy atom. The van der Waals surface area contributed by atoms with Gasteiger partial charge in [0.2, 0.25) is 11.3 Å². The molecule has 1 aromatic heterocycles. The van der Waals surface area contributed by atoms with Gasteiger partial charge in [-0.05, 0) is 37.3 Å². The Morgan fingerprint density at radius 2 is 1.53 bits per heavy atom. The number of nitrogens with one attached hydrogen (secondary N) is 2. The monoisotopic (exact) mass is 472 g/mol. The highest BCUT2D eigenvalue weighted by Crippen LogP contribution is 2.33. The van der Waals surface area contributed by atoms with E-state index in [9.17, 15) is 27.6 Å². The van der Waals surface area contributed by atoms with Crippen LogP contribution in [-0.4, -0.2) is 21.6 Å². The minimum Gasteiger partial charge on any atom is -0.326 e. The summed E-state index contributed by atoms with van der Waals surface area (Å²) in [5.74, 6) is -1.13. The van der Waals surface area contributed by atoms with E-state index >= 15 is 0 Å². The summed E-state index contributed by atoms with van der Waals surface area (Å²) in [6.07, 6.45) is -4.66. The number of anilines is 2. The highest BCUT2D eigenvalue weighted by Gasteiger charge is 2.34. The molecule has 3 aromatic rings. The Morgan fingerprint density at radius 3 is 2.15 bits per heavy atom. The summed E-state index contributed by atoms with van der Waals surface area (Å²) in [5.41, 5.74) is -2.41. The number of hydrogen-bond acceptors (Lipinski definition) is 4. The van der Waals surface area contributed by atoms with Crippen LogP contribution in [0.15, 0.2) is 59.4 Å². The normalized spacial score (nSPS) is 11.7. The van der Waals surface area contributed by atoms with Gasteiger partial charge in [0, 0.05) is 28.6 Å². The zero-order valence-corrected chi connectivity index (χ0v) is 18.9. The van der Waals surface area contributed by atoms with Gasteiger partial charge in [-0.25, -0.2) is 4.68 Å². The van der Waals surface area contributed by atoms with E-state index in [4.69, 9.17) is 0 Å². The van der Waals surface area contributed by atoms with Crippen LogP contribution in [0, 0.1) is 12.3 Å². The number of aryl methyl sites for hydroxylation is 1. The van der Waals surface area contributed by atoms with Crippen molar-refractivity contribution in [1.82, 2.24) is 9.78 Å². The number of rotatable bonds is 4. The fourth-order valence-corrected chi connectivity index (χ4v) is 3.03. The molecule has 0 aliphatic rings. The third kappa shape index (κ3) is 5.51. The molecule has 0 bridgehead atoms. The van der Waals surface area contributed by atoms with Crippen LogP contribution in [0.4, 0.5) is 24.5 Å². The standard InChI is InChI=1S/C24H23F3N4O3/c1-14-12-19(32)20(30-31(14)18-11-6-5-10-17(18)24(25,26)27)21(33)28-15-8-7-9-16(13-15)29-22(34)23(2,3)4/h5-13H,1-4H3,(H,28,33)(H,29,34). The fourth-order valence-electron chi connectivity index (χ4n) is 3.03. The van der Waals surface area contributed by atoms with Crippen molar-refractivity contribution in [3.05, 3.63) is 81.8 Å². The summed E-state index contributed by atoms with van der Waals surface area (Å²) in [7, 11) is 0. The molecule has 0 aliphatic carbocycles. The maximum Gasteiger partial charge on any atom is 0.418 e. The number of amides is 2. The SMILES string of the molecule is Cc1cc(=O)c(C(=O)Nc2cccc(NC(=O)C(C)(C)C)c2)nn1-c1ccccc1C(F)(F)F. The second-order valence-electron chi connectivity index (χ2n) is 8.66. The Bertz CT molecular complexity index is 1310. The quantitative estimate of drug-likeness (QED) is 0.571. The van der Waals surface area contributed by atoms with Crippen LogP contribution >= 0.6 is 0 Å². The number of alkyl halides is 3. The third-order valence-electron chi connectivity index (χ3n) is 4.82. The van der Waals surface area contributed by atoms with Gasteiger partial charge in [-0.2, -0.15) is 18.3 Å². The topological polar surface area (TPSA) is 93.1 Å². The third-order valence-corrected chi connectivity index (χ3v) is 4.82. The van der Waals surface area contributed by atoms with E-state index in [0.29, 0.717) is 5.69 Å². The van der Waals surface area contributed by atoms with E-state index in [1.807, 2.05) is 0 Å². The van der Waals surface area contributed by atoms with Gasteiger partial charge in [0.15, 0.2) is 5.69 Å². The van der Waals surface area contributed by atoms with Crippen LogP contribution in [0.25, 0.3) is 5.69 Å². The molecule has 2 aromatic carbocycles. The number of aromatic nitrogens is 2. The zero-order valence-electron chi connectivity index (χ0n) is 18.9. The van der Waals surface area contributed by atoms with E-state index in [-0.39, 0.29) is 23.0 Å². The Labute approximate surface area is 193 Å². The van der Waals surface area contributed by atoms with Crippen molar-refractivity contribution >= 4 is 23.2 Å². The van der Waals surface area contributed by atoms with Crippen molar-refractivity contribution in [3.8, 4) is 5.69 Å². The molecule has 0 radical (unpaired) electrons. The molecule has 0 aliphatic heterocycles. The first-order valence-corrected chi connectivity index (χ1v) is 10.3. The van der Waals surface area contributed by atoms with E-state index in [0.717, 1.165) is 16.8 Å². The largest absolute Gasteiger partial charge is 0.418 e. The molecule has 0 spiro atoms. The fraction of sp³-hybridized carbons (Fsp3) is 0.250. The van der Waals surface area contributed by atoms with Gasteiger partial charge in [-0.1, -0.05) is 39.0 Å². The first kappa shape index (κ1) is 24.7. The molecular weight excluding hydrogens is 449 g/mol. The molecule has 0 unspecified atom stereocenters. The molecule has 2 N–H and O–H groups in total. The van der Waals surface area contributed by atoms with Crippen LogP contribution in [-0.2, 0) is 11.0 Å². The summed E-state index contributed by atoms with van der Waals surface area (Å²) in [4.78, 5) is 37.5. The maximum atomic E-state index is 13.5. The van der Waals surface area contributed by atoms with E-state index in [1.165, 1.54) is 37.3 Å². The number of carbonyl (C=O) groups is 2.